The van der Waals surface area contributed by atoms with Crippen LogP contribution in [0, 0.1) is 13.8 Å². The number of para-hydroxylation sites is 1. The van der Waals surface area contributed by atoms with E-state index in [9.17, 15) is 5.11 Å². The molecule has 0 aliphatic rings. The highest BCUT2D eigenvalue weighted by Crippen LogP contribution is 2.16. The Morgan fingerprint density at radius 2 is 1.87 bits per heavy atom. The molecule has 1 unspecified atom stereocenters. The van der Waals surface area contributed by atoms with Crippen LogP contribution in [0.3, 0.4) is 0 Å². The maximum atomic E-state index is 10.3. The van der Waals surface area contributed by atoms with Gasteiger partial charge in [0.2, 0.25) is 0 Å². The molecule has 23 heavy (non-hydrogen) atoms. The molecular formula is C20H27NO2. The molecule has 1 atom stereocenters. The van der Waals surface area contributed by atoms with E-state index in [1.807, 2.05) is 31.2 Å². The Morgan fingerprint density at radius 3 is 2.57 bits per heavy atom. The zero-order valence-corrected chi connectivity index (χ0v) is 14.3. The number of benzene rings is 2. The molecule has 1 N–H and O–H groups in total. The van der Waals surface area contributed by atoms with Crippen LogP contribution < -0.4 is 4.74 Å². The van der Waals surface area contributed by atoms with E-state index >= 15 is 0 Å². The molecule has 0 aliphatic heterocycles. The zero-order valence-electron chi connectivity index (χ0n) is 14.3. The van der Waals surface area contributed by atoms with Gasteiger partial charge in [-0.2, -0.15) is 0 Å². The van der Waals surface area contributed by atoms with Gasteiger partial charge in [0.05, 0.1) is 0 Å². The molecule has 0 spiro atoms. The van der Waals surface area contributed by atoms with Crippen molar-refractivity contribution >= 4 is 0 Å². The third-order valence-corrected chi connectivity index (χ3v) is 3.93. The highest BCUT2D eigenvalue weighted by Gasteiger charge is 2.12. The van der Waals surface area contributed by atoms with Crippen LogP contribution in [-0.4, -0.2) is 35.8 Å². The standard InChI is InChI=1S/C20H27NO2/c1-4-21(13-18-10-7-8-16(2)12-18)14-19(22)15-23-20-11-6-5-9-17(20)3/h5-12,19,22H,4,13-15H2,1-3H3. The van der Waals surface area contributed by atoms with Gasteiger partial charge in [0, 0.05) is 13.1 Å². The van der Waals surface area contributed by atoms with Crippen molar-refractivity contribution in [1.29, 1.82) is 0 Å². The molecule has 0 aliphatic carbocycles. The minimum Gasteiger partial charge on any atom is -0.491 e. The molecular weight excluding hydrogens is 286 g/mol. The van der Waals surface area contributed by atoms with E-state index in [0.717, 1.165) is 24.4 Å². The SMILES string of the molecule is CCN(Cc1cccc(C)c1)CC(O)COc1ccccc1C. The molecule has 0 radical (unpaired) electrons. The molecule has 2 aromatic carbocycles. The molecule has 0 fully saturated rings. The first kappa shape index (κ1) is 17.5. The molecule has 0 saturated carbocycles. The Labute approximate surface area is 139 Å². The molecule has 2 aromatic rings. The van der Waals surface area contributed by atoms with Crippen molar-refractivity contribution in [2.75, 3.05) is 19.7 Å². The topological polar surface area (TPSA) is 32.7 Å². The zero-order chi connectivity index (χ0) is 16.7. The van der Waals surface area contributed by atoms with Crippen LogP contribution in [0.2, 0.25) is 0 Å². The first-order valence-corrected chi connectivity index (χ1v) is 8.23. The molecule has 0 heterocycles. The van der Waals surface area contributed by atoms with Crippen LogP contribution in [-0.2, 0) is 6.54 Å². The van der Waals surface area contributed by atoms with Gasteiger partial charge in [0.15, 0.2) is 0 Å². The monoisotopic (exact) mass is 313 g/mol. The van der Waals surface area contributed by atoms with Gasteiger partial charge >= 0.3 is 0 Å². The van der Waals surface area contributed by atoms with Crippen LogP contribution in [0.15, 0.2) is 48.5 Å². The summed E-state index contributed by atoms with van der Waals surface area (Å²) < 4.78 is 5.74. The van der Waals surface area contributed by atoms with E-state index < -0.39 is 6.10 Å². The highest BCUT2D eigenvalue weighted by molar-refractivity contribution is 5.31. The number of aryl methyl sites for hydroxylation is 2. The second-order valence-corrected chi connectivity index (χ2v) is 6.05. The van der Waals surface area contributed by atoms with Crippen molar-refractivity contribution in [3.8, 4) is 5.75 Å². The Hall–Kier alpha value is -1.84. The number of likely N-dealkylation sites (N-methyl/N-ethyl adjacent to an activating group) is 1. The van der Waals surface area contributed by atoms with Gasteiger partial charge in [-0.15, -0.1) is 0 Å². The summed E-state index contributed by atoms with van der Waals surface area (Å²) in [6.45, 7) is 8.90. The average Bonchev–Trinajstić information content (AvgIpc) is 2.53. The van der Waals surface area contributed by atoms with Crippen LogP contribution in [0.4, 0.5) is 0 Å². The maximum absolute atomic E-state index is 10.3. The predicted molar refractivity (Wildman–Crippen MR) is 94.8 cm³/mol. The largest absolute Gasteiger partial charge is 0.491 e. The van der Waals surface area contributed by atoms with E-state index in [0.29, 0.717) is 13.2 Å². The Morgan fingerprint density at radius 1 is 1.09 bits per heavy atom. The maximum Gasteiger partial charge on any atom is 0.122 e. The minimum absolute atomic E-state index is 0.315. The number of nitrogens with zero attached hydrogens (tertiary/aromatic N) is 1. The van der Waals surface area contributed by atoms with Crippen molar-refractivity contribution < 1.29 is 9.84 Å². The fourth-order valence-electron chi connectivity index (χ4n) is 2.63. The average molecular weight is 313 g/mol. The van der Waals surface area contributed by atoms with Gasteiger partial charge in [-0.3, -0.25) is 4.90 Å². The Balaban J connectivity index is 1.84. The van der Waals surface area contributed by atoms with Crippen molar-refractivity contribution in [1.82, 2.24) is 4.90 Å². The van der Waals surface area contributed by atoms with Gasteiger partial charge in [-0.25, -0.2) is 0 Å². The Kier molecular flexibility index (Phi) is 6.63. The number of ether oxygens (including phenoxy) is 1. The fraction of sp³-hybridized carbons (Fsp3) is 0.400. The smallest absolute Gasteiger partial charge is 0.122 e. The normalized spacial score (nSPS) is 12.4. The number of hydrogen-bond donors (Lipinski definition) is 1. The van der Waals surface area contributed by atoms with Gasteiger partial charge in [0.1, 0.15) is 18.5 Å². The summed E-state index contributed by atoms with van der Waals surface area (Å²) in [7, 11) is 0. The second-order valence-electron chi connectivity index (χ2n) is 6.05. The van der Waals surface area contributed by atoms with E-state index in [2.05, 4.69) is 43.0 Å². The summed E-state index contributed by atoms with van der Waals surface area (Å²) in [6, 6.07) is 16.4. The number of aliphatic hydroxyl groups is 1. The summed E-state index contributed by atoms with van der Waals surface area (Å²) in [6.07, 6.45) is -0.501. The lowest BCUT2D eigenvalue weighted by atomic mass is 10.1. The second kappa shape index (κ2) is 8.70. The van der Waals surface area contributed by atoms with E-state index in [-0.39, 0.29) is 0 Å². The molecule has 3 nitrogen and oxygen atoms in total. The van der Waals surface area contributed by atoms with Crippen molar-refractivity contribution in [3.05, 3.63) is 65.2 Å². The summed E-state index contributed by atoms with van der Waals surface area (Å²) in [5.74, 6) is 0.841. The van der Waals surface area contributed by atoms with E-state index in [1.165, 1.54) is 11.1 Å². The Bertz CT molecular complexity index is 612. The summed E-state index contributed by atoms with van der Waals surface area (Å²) in [5.41, 5.74) is 3.63. The minimum atomic E-state index is -0.501. The van der Waals surface area contributed by atoms with Gasteiger partial charge in [0.25, 0.3) is 0 Å². The molecule has 0 aromatic heterocycles. The summed E-state index contributed by atoms with van der Waals surface area (Å²) in [5, 5.41) is 10.3. The lowest BCUT2D eigenvalue weighted by molar-refractivity contribution is 0.0672. The molecule has 124 valence electrons. The van der Waals surface area contributed by atoms with Crippen LogP contribution in [0.1, 0.15) is 23.6 Å². The quantitative estimate of drug-likeness (QED) is 0.809. The fourth-order valence-corrected chi connectivity index (χ4v) is 2.63. The van der Waals surface area contributed by atoms with Crippen molar-refractivity contribution in [3.63, 3.8) is 0 Å². The third-order valence-electron chi connectivity index (χ3n) is 3.93. The van der Waals surface area contributed by atoms with Crippen LogP contribution in [0.5, 0.6) is 5.75 Å². The predicted octanol–water partition coefficient (Wildman–Crippen LogP) is 3.57. The number of rotatable bonds is 8. The lowest BCUT2D eigenvalue weighted by Gasteiger charge is -2.24. The molecule has 0 saturated heterocycles. The number of hydrogen-bond acceptors (Lipinski definition) is 3. The van der Waals surface area contributed by atoms with Crippen LogP contribution >= 0.6 is 0 Å². The van der Waals surface area contributed by atoms with Gasteiger partial charge < -0.3 is 9.84 Å². The molecule has 0 bridgehead atoms. The first-order valence-electron chi connectivity index (χ1n) is 8.23. The van der Waals surface area contributed by atoms with Crippen molar-refractivity contribution in [2.45, 2.75) is 33.4 Å². The highest BCUT2D eigenvalue weighted by atomic mass is 16.5. The van der Waals surface area contributed by atoms with Gasteiger partial charge in [-0.05, 0) is 37.6 Å². The number of aliphatic hydroxyl groups excluding tert-OH is 1. The van der Waals surface area contributed by atoms with E-state index in [1.54, 1.807) is 0 Å². The molecule has 0 amide bonds. The van der Waals surface area contributed by atoms with Crippen LogP contribution in [0.25, 0.3) is 0 Å². The van der Waals surface area contributed by atoms with E-state index in [4.69, 9.17) is 4.74 Å². The van der Waals surface area contributed by atoms with Gasteiger partial charge in [-0.1, -0.05) is 55.0 Å². The molecule has 2 rings (SSSR count). The lowest BCUT2D eigenvalue weighted by Crippen LogP contribution is -2.35. The first-order chi connectivity index (χ1) is 11.1. The van der Waals surface area contributed by atoms with Crippen molar-refractivity contribution in [2.24, 2.45) is 0 Å². The third kappa shape index (κ3) is 5.70. The molecule has 3 heteroatoms. The summed E-state index contributed by atoms with van der Waals surface area (Å²) in [4.78, 5) is 2.24. The summed E-state index contributed by atoms with van der Waals surface area (Å²) >= 11 is 0.